The number of carbonyl (C=O) groups excluding carboxylic acids is 2. The van der Waals surface area contributed by atoms with Crippen molar-refractivity contribution in [1.29, 1.82) is 0 Å². The number of hydrogen-bond acceptors (Lipinski definition) is 2. The summed E-state index contributed by atoms with van der Waals surface area (Å²) in [5.74, 6) is 0.778. The van der Waals surface area contributed by atoms with Crippen LogP contribution in [0.15, 0.2) is 0 Å². The number of carbonyl (C=O) groups is 2. The van der Waals surface area contributed by atoms with Crippen LogP contribution in [0, 0.1) is 5.92 Å². The first-order chi connectivity index (χ1) is 6.36. The van der Waals surface area contributed by atoms with E-state index in [-0.39, 0.29) is 25.3 Å². The fourth-order valence-electron chi connectivity index (χ4n) is 1.17. The van der Waals surface area contributed by atoms with Crippen molar-refractivity contribution in [3.8, 4) is 0 Å². The lowest BCUT2D eigenvalue weighted by molar-refractivity contribution is -0.140. The number of amides is 2. The van der Waals surface area contributed by atoms with E-state index in [9.17, 15) is 9.59 Å². The molecule has 0 aliphatic carbocycles. The first-order valence-corrected chi connectivity index (χ1v) is 5.21. The van der Waals surface area contributed by atoms with Crippen LogP contribution >= 0.6 is 0 Å². The van der Waals surface area contributed by atoms with Crippen LogP contribution in [0.3, 0.4) is 0 Å². The summed E-state index contributed by atoms with van der Waals surface area (Å²) in [6.45, 7) is 10.2. The molecule has 0 aromatic heterocycles. The Labute approximate surface area is 93.8 Å². The topological polar surface area (TPSA) is 37.4 Å². The van der Waals surface area contributed by atoms with Crippen molar-refractivity contribution in [1.82, 2.24) is 4.90 Å². The summed E-state index contributed by atoms with van der Waals surface area (Å²) in [6, 6.07) is 0.0301. The van der Waals surface area contributed by atoms with E-state index in [0.29, 0.717) is 12.8 Å². The molecule has 1 fully saturated rings. The van der Waals surface area contributed by atoms with Gasteiger partial charge < -0.3 is 0 Å². The van der Waals surface area contributed by atoms with Gasteiger partial charge in [0.15, 0.2) is 0 Å². The molecule has 1 saturated heterocycles. The summed E-state index contributed by atoms with van der Waals surface area (Å²) in [4.78, 5) is 23.2. The fourth-order valence-corrected chi connectivity index (χ4v) is 1.17. The largest absolute Gasteiger partial charge is 0.280 e. The third-order valence-electron chi connectivity index (χ3n) is 1.61. The van der Waals surface area contributed by atoms with Gasteiger partial charge in [-0.2, -0.15) is 0 Å². The molecule has 1 rings (SSSR count). The van der Waals surface area contributed by atoms with Crippen molar-refractivity contribution in [2.75, 3.05) is 0 Å². The van der Waals surface area contributed by atoms with Crippen LogP contribution in [0.4, 0.5) is 0 Å². The predicted molar refractivity (Wildman–Crippen MR) is 63.5 cm³/mol. The molecular formula is C12H25NO2. The Morgan fingerprint density at radius 2 is 1.20 bits per heavy atom. The standard InChI is InChI=1S/C7H11NO2.C4H10.CH4/c1-5(2)8-6(9)3-4-7(8)10;1-4(2)3;/h5H,3-4H2,1-2H3;4H,1-3H3;1H4. The Kier molecular flexibility index (Phi) is 8.21. The molecule has 0 unspecified atom stereocenters. The molecule has 90 valence electrons. The average molecular weight is 215 g/mol. The van der Waals surface area contributed by atoms with E-state index in [1.54, 1.807) is 0 Å². The molecule has 0 aromatic carbocycles. The smallest absolute Gasteiger partial charge is 0.229 e. The molecular weight excluding hydrogens is 190 g/mol. The molecule has 0 bridgehead atoms. The van der Waals surface area contributed by atoms with Crippen LogP contribution < -0.4 is 0 Å². The molecule has 0 atom stereocenters. The van der Waals surface area contributed by atoms with Crippen molar-refractivity contribution in [3.05, 3.63) is 0 Å². The van der Waals surface area contributed by atoms with Crippen molar-refractivity contribution < 1.29 is 9.59 Å². The van der Waals surface area contributed by atoms with Crippen LogP contribution in [-0.4, -0.2) is 22.8 Å². The second-order valence-corrected chi connectivity index (χ2v) is 4.48. The summed E-state index contributed by atoms with van der Waals surface area (Å²) < 4.78 is 0. The number of rotatable bonds is 1. The number of hydrogen-bond donors (Lipinski definition) is 0. The maximum Gasteiger partial charge on any atom is 0.229 e. The maximum atomic E-state index is 10.9. The monoisotopic (exact) mass is 215 g/mol. The van der Waals surface area contributed by atoms with Gasteiger partial charge in [0.1, 0.15) is 0 Å². The highest BCUT2D eigenvalue weighted by molar-refractivity contribution is 6.02. The Bertz CT molecular complexity index is 191. The summed E-state index contributed by atoms with van der Waals surface area (Å²) >= 11 is 0. The summed E-state index contributed by atoms with van der Waals surface area (Å²) in [5.41, 5.74) is 0. The molecule has 1 aliphatic rings. The van der Waals surface area contributed by atoms with E-state index in [0.717, 1.165) is 5.92 Å². The molecule has 0 N–H and O–H groups in total. The van der Waals surface area contributed by atoms with Gasteiger partial charge in [-0.05, 0) is 19.8 Å². The lowest BCUT2D eigenvalue weighted by Crippen LogP contribution is -2.35. The number of likely N-dealkylation sites (tertiary alicyclic amines) is 1. The van der Waals surface area contributed by atoms with Gasteiger partial charge in [-0.15, -0.1) is 0 Å². The van der Waals surface area contributed by atoms with Gasteiger partial charge in [0.05, 0.1) is 0 Å². The van der Waals surface area contributed by atoms with Gasteiger partial charge in [0.2, 0.25) is 11.8 Å². The van der Waals surface area contributed by atoms with Crippen LogP contribution in [0.1, 0.15) is 54.9 Å². The van der Waals surface area contributed by atoms with Gasteiger partial charge in [0.25, 0.3) is 0 Å². The quantitative estimate of drug-likeness (QED) is 0.631. The highest BCUT2D eigenvalue weighted by Crippen LogP contribution is 2.14. The molecule has 1 aliphatic heterocycles. The van der Waals surface area contributed by atoms with Crippen LogP contribution in [-0.2, 0) is 9.59 Å². The maximum absolute atomic E-state index is 10.9. The van der Waals surface area contributed by atoms with Crippen molar-refractivity contribution in [3.63, 3.8) is 0 Å². The molecule has 3 heteroatoms. The van der Waals surface area contributed by atoms with E-state index >= 15 is 0 Å². The third kappa shape index (κ3) is 6.26. The number of nitrogens with zero attached hydrogens (tertiary/aromatic N) is 1. The SMILES string of the molecule is C.CC(C)C.CC(C)N1C(=O)CCC1=O. The van der Waals surface area contributed by atoms with E-state index in [2.05, 4.69) is 20.8 Å². The zero-order valence-corrected chi connectivity index (χ0v) is 9.83. The molecule has 0 spiro atoms. The van der Waals surface area contributed by atoms with Crippen molar-refractivity contribution >= 4 is 11.8 Å². The van der Waals surface area contributed by atoms with E-state index in [1.807, 2.05) is 13.8 Å². The van der Waals surface area contributed by atoms with Gasteiger partial charge in [-0.1, -0.05) is 28.2 Å². The minimum atomic E-state index is -0.0278. The van der Waals surface area contributed by atoms with Crippen molar-refractivity contribution in [2.24, 2.45) is 5.92 Å². The molecule has 0 radical (unpaired) electrons. The summed E-state index contributed by atoms with van der Waals surface area (Å²) in [6.07, 6.45) is 0.800. The molecule has 15 heavy (non-hydrogen) atoms. The second-order valence-electron chi connectivity index (χ2n) is 4.48. The zero-order valence-electron chi connectivity index (χ0n) is 9.83. The highest BCUT2D eigenvalue weighted by atomic mass is 16.2. The second kappa shape index (κ2) is 7.43. The summed E-state index contributed by atoms with van der Waals surface area (Å²) in [5, 5.41) is 0. The van der Waals surface area contributed by atoms with Gasteiger partial charge in [0, 0.05) is 18.9 Å². The molecule has 2 amide bonds. The minimum Gasteiger partial charge on any atom is -0.280 e. The first kappa shape index (κ1) is 16.6. The predicted octanol–water partition coefficient (Wildman–Crippen LogP) is 2.84. The van der Waals surface area contributed by atoms with Crippen molar-refractivity contribution in [2.45, 2.75) is 60.9 Å². The lowest BCUT2D eigenvalue weighted by atomic mass is 10.3. The molecule has 0 saturated carbocycles. The molecule has 3 nitrogen and oxygen atoms in total. The molecule has 1 heterocycles. The van der Waals surface area contributed by atoms with Gasteiger partial charge in [-0.25, -0.2) is 0 Å². The van der Waals surface area contributed by atoms with Crippen LogP contribution in [0.2, 0.25) is 0 Å². The Morgan fingerprint density at radius 3 is 1.33 bits per heavy atom. The van der Waals surface area contributed by atoms with E-state index < -0.39 is 0 Å². The molecule has 0 aromatic rings. The van der Waals surface area contributed by atoms with Crippen LogP contribution in [0.5, 0.6) is 0 Å². The zero-order chi connectivity index (χ0) is 11.3. The Hall–Kier alpha value is -0.860. The Morgan fingerprint density at radius 1 is 0.933 bits per heavy atom. The summed E-state index contributed by atoms with van der Waals surface area (Å²) in [7, 11) is 0. The average Bonchev–Trinajstić information content (AvgIpc) is 2.29. The third-order valence-corrected chi connectivity index (χ3v) is 1.61. The lowest BCUT2D eigenvalue weighted by Gasteiger charge is -2.17. The first-order valence-electron chi connectivity index (χ1n) is 5.21. The highest BCUT2D eigenvalue weighted by Gasteiger charge is 2.30. The van der Waals surface area contributed by atoms with E-state index in [4.69, 9.17) is 0 Å². The fraction of sp³-hybridized carbons (Fsp3) is 0.833. The van der Waals surface area contributed by atoms with Gasteiger partial charge >= 0.3 is 0 Å². The Balaban J connectivity index is 0. The normalized spacial score (nSPS) is 15.3. The minimum absolute atomic E-state index is 0. The van der Waals surface area contributed by atoms with E-state index in [1.165, 1.54) is 4.90 Å². The number of imide groups is 1. The van der Waals surface area contributed by atoms with Gasteiger partial charge in [-0.3, -0.25) is 14.5 Å². The van der Waals surface area contributed by atoms with Crippen LogP contribution in [0.25, 0.3) is 0 Å².